The van der Waals surface area contributed by atoms with Crippen LogP contribution in [0, 0.1) is 5.92 Å². The Hall–Kier alpha value is -1.24. The highest BCUT2D eigenvalue weighted by Gasteiger charge is 2.15. The van der Waals surface area contributed by atoms with Crippen molar-refractivity contribution in [3.05, 3.63) is 39.6 Å². The van der Waals surface area contributed by atoms with E-state index in [2.05, 4.69) is 28.6 Å². The molecule has 1 amide bonds. The smallest absolute Gasteiger partial charge is 0.217 e. The van der Waals surface area contributed by atoms with E-state index in [1.165, 1.54) is 0 Å². The fourth-order valence-corrected chi connectivity index (χ4v) is 3.40. The number of benzene rings is 1. The summed E-state index contributed by atoms with van der Waals surface area (Å²) < 4.78 is 2.07. The second-order valence-corrected chi connectivity index (χ2v) is 7.66. The SMILES string of the molecule is CC(C)Cn1c(CCC(N)=O)nnc1SCc1ccc(Cl)c(Cl)c1. The van der Waals surface area contributed by atoms with Gasteiger partial charge in [-0.15, -0.1) is 10.2 Å². The summed E-state index contributed by atoms with van der Waals surface area (Å²) in [4.78, 5) is 11.0. The van der Waals surface area contributed by atoms with Crippen LogP contribution in [0.1, 0.15) is 31.7 Å². The lowest BCUT2D eigenvalue weighted by Crippen LogP contribution is -2.15. The third kappa shape index (κ3) is 5.40. The molecule has 2 aromatic rings. The maximum absolute atomic E-state index is 11.0. The predicted octanol–water partition coefficient (Wildman–Crippen LogP) is 3.95. The molecule has 0 atom stereocenters. The fraction of sp³-hybridized carbons (Fsp3) is 0.438. The van der Waals surface area contributed by atoms with Crippen LogP contribution in [-0.2, 0) is 23.5 Å². The Morgan fingerprint density at radius 1 is 1.29 bits per heavy atom. The first-order valence-corrected chi connectivity index (χ1v) is 9.38. The molecule has 0 fully saturated rings. The van der Waals surface area contributed by atoms with Gasteiger partial charge in [0.05, 0.1) is 10.0 Å². The van der Waals surface area contributed by atoms with Crippen LogP contribution in [0.3, 0.4) is 0 Å². The highest BCUT2D eigenvalue weighted by atomic mass is 35.5. The molecule has 0 bridgehead atoms. The van der Waals surface area contributed by atoms with Gasteiger partial charge < -0.3 is 10.3 Å². The molecule has 5 nitrogen and oxygen atoms in total. The van der Waals surface area contributed by atoms with E-state index in [0.29, 0.717) is 28.1 Å². The number of thioether (sulfide) groups is 1. The number of amides is 1. The number of nitrogens with zero attached hydrogens (tertiary/aromatic N) is 3. The summed E-state index contributed by atoms with van der Waals surface area (Å²) in [5.41, 5.74) is 6.30. The standard InChI is InChI=1S/C16H20Cl2N4OS/c1-10(2)8-22-15(6-5-14(19)23)20-21-16(22)24-9-11-3-4-12(17)13(18)7-11/h3-4,7,10H,5-6,8-9H2,1-2H3,(H2,19,23). The van der Waals surface area contributed by atoms with Crippen LogP contribution in [-0.4, -0.2) is 20.7 Å². The van der Waals surface area contributed by atoms with Crippen molar-refractivity contribution >= 4 is 40.9 Å². The van der Waals surface area contributed by atoms with Crippen LogP contribution in [0.15, 0.2) is 23.4 Å². The Bertz CT molecular complexity index is 718. The maximum atomic E-state index is 11.0. The summed E-state index contributed by atoms with van der Waals surface area (Å²) in [6.45, 7) is 5.06. The Balaban J connectivity index is 2.12. The van der Waals surface area contributed by atoms with E-state index in [1.807, 2.05) is 12.1 Å². The fourth-order valence-electron chi connectivity index (χ4n) is 2.17. The zero-order valence-electron chi connectivity index (χ0n) is 13.6. The van der Waals surface area contributed by atoms with Crippen molar-refractivity contribution in [2.75, 3.05) is 0 Å². The minimum Gasteiger partial charge on any atom is -0.370 e. The normalized spacial score (nSPS) is 11.2. The molecule has 0 unspecified atom stereocenters. The number of hydrogen-bond acceptors (Lipinski definition) is 4. The van der Waals surface area contributed by atoms with Crippen molar-refractivity contribution < 1.29 is 4.79 Å². The number of aryl methyl sites for hydroxylation is 1. The molecule has 2 rings (SSSR count). The monoisotopic (exact) mass is 386 g/mol. The first-order chi connectivity index (χ1) is 11.4. The van der Waals surface area contributed by atoms with Gasteiger partial charge in [0.2, 0.25) is 5.91 Å². The van der Waals surface area contributed by atoms with Crippen LogP contribution < -0.4 is 5.73 Å². The molecule has 0 radical (unpaired) electrons. The van der Waals surface area contributed by atoms with Crippen LogP contribution in [0.4, 0.5) is 0 Å². The average molecular weight is 387 g/mol. The molecular formula is C16H20Cl2N4OS. The molecule has 0 saturated carbocycles. The lowest BCUT2D eigenvalue weighted by atomic mass is 10.2. The molecule has 0 aliphatic rings. The number of hydrogen-bond donors (Lipinski definition) is 1. The number of carbonyl (C=O) groups is 1. The van der Waals surface area contributed by atoms with Crippen molar-refractivity contribution in [1.82, 2.24) is 14.8 Å². The Morgan fingerprint density at radius 2 is 2.04 bits per heavy atom. The Morgan fingerprint density at radius 3 is 2.67 bits per heavy atom. The third-order valence-corrected chi connectivity index (χ3v) is 5.07. The molecule has 0 saturated heterocycles. The van der Waals surface area contributed by atoms with Crippen molar-refractivity contribution in [3.63, 3.8) is 0 Å². The zero-order chi connectivity index (χ0) is 17.7. The second kappa shape index (κ2) is 8.74. The van der Waals surface area contributed by atoms with Crippen molar-refractivity contribution in [3.8, 4) is 0 Å². The summed E-state index contributed by atoms with van der Waals surface area (Å²) in [6, 6.07) is 5.59. The highest BCUT2D eigenvalue weighted by molar-refractivity contribution is 7.98. The second-order valence-electron chi connectivity index (χ2n) is 5.91. The first-order valence-electron chi connectivity index (χ1n) is 7.64. The molecule has 0 aliphatic heterocycles. The van der Waals surface area contributed by atoms with Crippen LogP contribution >= 0.6 is 35.0 Å². The van der Waals surface area contributed by atoms with Gasteiger partial charge in [0.15, 0.2) is 5.16 Å². The van der Waals surface area contributed by atoms with Crippen molar-refractivity contribution in [2.24, 2.45) is 11.7 Å². The van der Waals surface area contributed by atoms with Gasteiger partial charge in [-0.2, -0.15) is 0 Å². The van der Waals surface area contributed by atoms with Crippen LogP contribution in [0.5, 0.6) is 0 Å². The van der Waals surface area contributed by atoms with Crippen molar-refractivity contribution in [1.29, 1.82) is 0 Å². The first kappa shape index (κ1) is 19.1. The minimum atomic E-state index is -0.334. The Labute approximate surface area is 155 Å². The molecule has 0 aliphatic carbocycles. The summed E-state index contributed by atoms with van der Waals surface area (Å²) in [5, 5.41) is 10.4. The summed E-state index contributed by atoms with van der Waals surface area (Å²) >= 11 is 13.6. The zero-order valence-corrected chi connectivity index (χ0v) is 16.0. The van der Waals surface area contributed by atoms with Crippen molar-refractivity contribution in [2.45, 2.75) is 44.1 Å². The number of aromatic nitrogens is 3. The van der Waals surface area contributed by atoms with Gasteiger partial charge in [-0.05, 0) is 23.6 Å². The van der Waals surface area contributed by atoms with E-state index in [9.17, 15) is 4.79 Å². The maximum Gasteiger partial charge on any atom is 0.217 e. The molecule has 1 heterocycles. The van der Waals surface area contributed by atoms with Gasteiger partial charge in [0.25, 0.3) is 0 Å². The van der Waals surface area contributed by atoms with Crippen LogP contribution in [0.25, 0.3) is 0 Å². The summed E-state index contributed by atoms with van der Waals surface area (Å²) in [7, 11) is 0. The number of carbonyl (C=O) groups excluding carboxylic acids is 1. The van der Waals surface area contributed by atoms with E-state index >= 15 is 0 Å². The highest BCUT2D eigenvalue weighted by Crippen LogP contribution is 2.27. The van der Waals surface area contributed by atoms with Gasteiger partial charge >= 0.3 is 0 Å². The topological polar surface area (TPSA) is 73.8 Å². The largest absolute Gasteiger partial charge is 0.370 e. The van der Waals surface area contributed by atoms with Crippen LogP contribution in [0.2, 0.25) is 10.0 Å². The molecule has 8 heteroatoms. The lowest BCUT2D eigenvalue weighted by Gasteiger charge is -2.12. The van der Waals surface area contributed by atoms with Gasteiger partial charge in [0.1, 0.15) is 5.82 Å². The molecular weight excluding hydrogens is 367 g/mol. The number of nitrogens with two attached hydrogens (primary N) is 1. The van der Waals surface area contributed by atoms with E-state index < -0.39 is 0 Å². The summed E-state index contributed by atoms with van der Waals surface area (Å²) in [6.07, 6.45) is 0.774. The average Bonchev–Trinajstić information content (AvgIpc) is 2.88. The number of primary amides is 1. The number of halogens is 2. The van der Waals surface area contributed by atoms with Gasteiger partial charge in [-0.1, -0.05) is 54.9 Å². The van der Waals surface area contributed by atoms with Gasteiger partial charge in [-0.25, -0.2) is 0 Å². The third-order valence-electron chi connectivity index (χ3n) is 3.29. The molecule has 2 N–H and O–H groups in total. The molecule has 0 spiro atoms. The molecule has 1 aromatic carbocycles. The van der Waals surface area contributed by atoms with E-state index in [4.69, 9.17) is 28.9 Å². The quantitative estimate of drug-likeness (QED) is 0.696. The van der Waals surface area contributed by atoms with E-state index in [-0.39, 0.29) is 12.3 Å². The molecule has 1 aromatic heterocycles. The predicted molar refractivity (Wildman–Crippen MR) is 98.4 cm³/mol. The lowest BCUT2D eigenvalue weighted by molar-refractivity contribution is -0.118. The van der Waals surface area contributed by atoms with E-state index in [1.54, 1.807) is 17.8 Å². The van der Waals surface area contributed by atoms with Gasteiger partial charge in [0, 0.05) is 25.1 Å². The van der Waals surface area contributed by atoms with Gasteiger partial charge in [-0.3, -0.25) is 4.79 Å². The Kier molecular flexibility index (Phi) is 6.95. The minimum absolute atomic E-state index is 0.272. The molecule has 24 heavy (non-hydrogen) atoms. The number of rotatable bonds is 8. The molecule has 130 valence electrons. The van der Waals surface area contributed by atoms with E-state index in [0.717, 1.165) is 23.1 Å². The summed E-state index contributed by atoms with van der Waals surface area (Å²) in [5.74, 6) is 1.61.